The largest absolute Gasteiger partial charge is 0.144 e. The summed E-state index contributed by atoms with van der Waals surface area (Å²) >= 11 is 1.90. The molecule has 1 aliphatic carbocycles. The predicted molar refractivity (Wildman–Crippen MR) is 85.7 cm³/mol. The van der Waals surface area contributed by atoms with E-state index in [1.165, 1.54) is 46.4 Å². The van der Waals surface area contributed by atoms with E-state index in [0.717, 1.165) is 0 Å². The van der Waals surface area contributed by atoms with Crippen molar-refractivity contribution in [2.75, 3.05) is 0 Å². The van der Waals surface area contributed by atoms with Gasteiger partial charge in [0.2, 0.25) is 0 Å². The van der Waals surface area contributed by atoms with Gasteiger partial charge in [-0.1, -0.05) is 44.5 Å². The van der Waals surface area contributed by atoms with Gasteiger partial charge < -0.3 is 0 Å². The first-order valence-corrected chi connectivity index (χ1v) is 8.06. The van der Waals surface area contributed by atoms with Gasteiger partial charge in [0.25, 0.3) is 0 Å². The number of hydrogen-bond donors (Lipinski definition) is 0. The first kappa shape index (κ1) is 12.7. The van der Waals surface area contributed by atoms with E-state index in [-0.39, 0.29) is 0 Å². The fourth-order valence-corrected chi connectivity index (χ4v) is 3.97. The monoisotopic (exact) mass is 268 g/mol. The van der Waals surface area contributed by atoms with E-state index < -0.39 is 0 Å². The lowest BCUT2D eigenvalue weighted by atomic mass is 9.95. The van der Waals surface area contributed by atoms with Crippen LogP contribution < -0.4 is 0 Å². The molecule has 1 aromatic heterocycles. The molecule has 1 heterocycles. The molecule has 0 spiro atoms. The molecule has 0 saturated heterocycles. The van der Waals surface area contributed by atoms with E-state index >= 15 is 0 Å². The highest BCUT2D eigenvalue weighted by atomic mass is 32.1. The van der Waals surface area contributed by atoms with E-state index in [2.05, 4.69) is 55.6 Å². The zero-order valence-corrected chi connectivity index (χ0v) is 12.5. The smallest absolute Gasteiger partial charge is 0.0340 e. The van der Waals surface area contributed by atoms with Gasteiger partial charge in [0.05, 0.1) is 0 Å². The van der Waals surface area contributed by atoms with E-state index in [4.69, 9.17) is 0 Å². The van der Waals surface area contributed by atoms with Gasteiger partial charge in [-0.2, -0.15) is 0 Å². The van der Waals surface area contributed by atoms with Gasteiger partial charge in [-0.15, -0.1) is 11.3 Å². The van der Waals surface area contributed by atoms with Crippen LogP contribution in [0.2, 0.25) is 0 Å². The summed E-state index contributed by atoms with van der Waals surface area (Å²) in [6.07, 6.45) is 6.17. The molecule has 3 rings (SSSR count). The number of unbranched alkanes of at least 4 members (excludes halogenated alkanes) is 1. The number of hydrogen-bond acceptors (Lipinski definition) is 1. The Morgan fingerprint density at radius 3 is 2.79 bits per heavy atom. The van der Waals surface area contributed by atoms with Crippen molar-refractivity contribution < 1.29 is 0 Å². The van der Waals surface area contributed by atoms with Crippen LogP contribution in [0, 0.1) is 0 Å². The van der Waals surface area contributed by atoms with Gasteiger partial charge in [0, 0.05) is 10.8 Å². The van der Waals surface area contributed by atoms with Crippen LogP contribution in [0.5, 0.6) is 0 Å². The minimum absolute atomic E-state index is 0.537. The first-order chi connectivity index (χ1) is 9.31. The second-order valence-corrected chi connectivity index (χ2v) is 6.24. The molecule has 2 aromatic rings. The van der Waals surface area contributed by atoms with Crippen LogP contribution in [0.1, 0.15) is 54.2 Å². The molecule has 19 heavy (non-hydrogen) atoms. The van der Waals surface area contributed by atoms with Crippen LogP contribution in [-0.4, -0.2) is 0 Å². The van der Waals surface area contributed by atoms with Crippen LogP contribution in [0.25, 0.3) is 11.6 Å². The van der Waals surface area contributed by atoms with Gasteiger partial charge >= 0.3 is 0 Å². The van der Waals surface area contributed by atoms with Crippen molar-refractivity contribution in [2.45, 2.75) is 39.0 Å². The van der Waals surface area contributed by atoms with Crippen molar-refractivity contribution in [3.63, 3.8) is 0 Å². The predicted octanol–water partition coefficient (Wildman–Crippen LogP) is 5.75. The molecule has 0 fully saturated rings. The minimum Gasteiger partial charge on any atom is -0.144 e. The summed E-state index contributed by atoms with van der Waals surface area (Å²) in [7, 11) is 0. The van der Waals surface area contributed by atoms with Gasteiger partial charge in [-0.05, 0) is 52.6 Å². The van der Waals surface area contributed by atoms with Crippen LogP contribution in [0.15, 0.2) is 35.7 Å². The van der Waals surface area contributed by atoms with Crippen molar-refractivity contribution >= 4 is 23.0 Å². The van der Waals surface area contributed by atoms with Crippen LogP contribution >= 0.6 is 11.3 Å². The molecule has 0 radical (unpaired) electrons. The molecule has 98 valence electrons. The van der Waals surface area contributed by atoms with Gasteiger partial charge in [0.15, 0.2) is 0 Å². The van der Waals surface area contributed by atoms with E-state index in [0.29, 0.717) is 5.92 Å². The Labute approximate surface area is 119 Å². The van der Waals surface area contributed by atoms with Gasteiger partial charge in [-0.25, -0.2) is 0 Å². The molecule has 1 atom stereocenters. The summed E-state index contributed by atoms with van der Waals surface area (Å²) in [5.74, 6) is 0.537. The highest BCUT2D eigenvalue weighted by molar-refractivity contribution is 7.11. The Balaban J connectivity index is 1.95. The number of aryl methyl sites for hydroxylation is 1. The number of thiophene rings is 1. The summed E-state index contributed by atoms with van der Waals surface area (Å²) in [4.78, 5) is 1.51. The quantitative estimate of drug-likeness (QED) is 0.662. The molecule has 0 amide bonds. The average molecular weight is 268 g/mol. The normalized spacial score (nSPS) is 17.4. The van der Waals surface area contributed by atoms with Crippen molar-refractivity contribution in [1.82, 2.24) is 0 Å². The molecule has 1 heteroatoms. The van der Waals surface area contributed by atoms with Crippen LogP contribution in [-0.2, 0) is 6.42 Å². The highest BCUT2D eigenvalue weighted by Gasteiger charge is 2.24. The molecule has 1 aromatic carbocycles. The molecular formula is C18H20S. The number of allylic oxidation sites excluding steroid dienone is 1. The molecule has 0 N–H and O–H groups in total. The maximum absolute atomic E-state index is 2.39. The van der Waals surface area contributed by atoms with E-state index in [1.807, 2.05) is 11.3 Å². The number of rotatable bonds is 4. The molecule has 1 aliphatic rings. The van der Waals surface area contributed by atoms with Gasteiger partial charge in [0.1, 0.15) is 0 Å². The lowest BCUT2D eigenvalue weighted by molar-refractivity contribution is 0.795. The second kappa shape index (κ2) is 5.34. The SMILES string of the molecule is CCCCc1ccsc1C1=Cc2ccccc2C1C. The third kappa shape index (κ3) is 2.28. The maximum Gasteiger partial charge on any atom is 0.0340 e. The Kier molecular flexibility index (Phi) is 3.56. The topological polar surface area (TPSA) is 0 Å². The summed E-state index contributed by atoms with van der Waals surface area (Å²) in [5, 5.41) is 2.25. The molecular weight excluding hydrogens is 248 g/mol. The molecule has 0 bridgehead atoms. The Hall–Kier alpha value is -1.34. The van der Waals surface area contributed by atoms with Crippen molar-refractivity contribution in [3.8, 4) is 0 Å². The second-order valence-electron chi connectivity index (χ2n) is 5.33. The number of fused-ring (bicyclic) bond motifs is 1. The first-order valence-electron chi connectivity index (χ1n) is 7.18. The molecule has 0 aliphatic heterocycles. The third-order valence-electron chi connectivity index (χ3n) is 4.05. The van der Waals surface area contributed by atoms with Crippen LogP contribution in [0.3, 0.4) is 0 Å². The molecule has 0 saturated carbocycles. The zero-order valence-electron chi connectivity index (χ0n) is 11.6. The average Bonchev–Trinajstić information content (AvgIpc) is 3.01. The Morgan fingerprint density at radius 2 is 2.00 bits per heavy atom. The summed E-state index contributed by atoms with van der Waals surface area (Å²) in [6, 6.07) is 11.1. The lowest BCUT2D eigenvalue weighted by Gasteiger charge is -2.12. The standard InChI is InChI=1S/C18H20S/c1-3-4-7-14-10-11-19-18(14)17-12-15-8-5-6-9-16(15)13(17)2/h5-6,8-13H,3-4,7H2,1-2H3. The van der Waals surface area contributed by atoms with E-state index in [1.54, 1.807) is 0 Å². The zero-order chi connectivity index (χ0) is 13.2. The van der Waals surface area contributed by atoms with Crippen molar-refractivity contribution in [2.24, 2.45) is 0 Å². The molecule has 1 unspecified atom stereocenters. The summed E-state index contributed by atoms with van der Waals surface area (Å²) in [5.41, 5.74) is 5.94. The fourth-order valence-electron chi connectivity index (χ4n) is 2.91. The summed E-state index contributed by atoms with van der Waals surface area (Å²) in [6.45, 7) is 4.60. The Morgan fingerprint density at radius 1 is 1.16 bits per heavy atom. The summed E-state index contributed by atoms with van der Waals surface area (Å²) < 4.78 is 0. The van der Waals surface area contributed by atoms with Gasteiger partial charge in [-0.3, -0.25) is 0 Å². The molecule has 0 nitrogen and oxygen atoms in total. The van der Waals surface area contributed by atoms with Crippen molar-refractivity contribution in [1.29, 1.82) is 0 Å². The number of benzene rings is 1. The van der Waals surface area contributed by atoms with Crippen LogP contribution in [0.4, 0.5) is 0 Å². The third-order valence-corrected chi connectivity index (χ3v) is 5.05. The minimum atomic E-state index is 0.537. The maximum atomic E-state index is 2.39. The highest BCUT2D eigenvalue weighted by Crippen LogP contribution is 2.44. The van der Waals surface area contributed by atoms with Crippen molar-refractivity contribution in [3.05, 3.63) is 57.3 Å². The Bertz CT molecular complexity index is 604. The van der Waals surface area contributed by atoms with E-state index in [9.17, 15) is 0 Å². The lowest BCUT2D eigenvalue weighted by Crippen LogP contribution is -1.94. The fraction of sp³-hybridized carbons (Fsp3) is 0.333.